The summed E-state index contributed by atoms with van der Waals surface area (Å²) in [7, 11) is 1.33. The van der Waals surface area contributed by atoms with Crippen LogP contribution in [0.2, 0.25) is 0 Å². The van der Waals surface area contributed by atoms with Crippen LogP contribution in [0, 0.1) is 0 Å². The van der Waals surface area contributed by atoms with Gasteiger partial charge in [0.15, 0.2) is 5.69 Å². The van der Waals surface area contributed by atoms with Crippen LogP contribution in [0.3, 0.4) is 0 Å². The molecule has 13 heavy (non-hydrogen) atoms. The maximum Gasteiger partial charge on any atom is 0.360 e. The highest BCUT2D eigenvalue weighted by Gasteiger charge is 2.28. The fourth-order valence-electron chi connectivity index (χ4n) is 1.25. The molecule has 0 radical (unpaired) electrons. The first kappa shape index (κ1) is 8.18. The van der Waals surface area contributed by atoms with Crippen LogP contribution in [0.25, 0.3) is 0 Å². The summed E-state index contributed by atoms with van der Waals surface area (Å²) in [6, 6.07) is 0. The van der Waals surface area contributed by atoms with Crippen molar-refractivity contribution < 1.29 is 9.53 Å². The van der Waals surface area contributed by atoms with Crippen LogP contribution in [0.5, 0.6) is 0 Å². The lowest BCUT2D eigenvalue weighted by Crippen LogP contribution is -2.40. The summed E-state index contributed by atoms with van der Waals surface area (Å²) in [4.78, 5) is 11.2. The number of nitrogens with one attached hydrogen (secondary N) is 2. The molecule has 0 atom stereocenters. The van der Waals surface area contributed by atoms with Crippen molar-refractivity contribution in [2.24, 2.45) is 0 Å². The van der Waals surface area contributed by atoms with Crippen molar-refractivity contribution in [3.8, 4) is 0 Å². The molecule has 0 saturated carbocycles. The van der Waals surface area contributed by atoms with Gasteiger partial charge in [-0.15, -0.1) is 5.10 Å². The van der Waals surface area contributed by atoms with Gasteiger partial charge < -0.3 is 10.1 Å². The van der Waals surface area contributed by atoms with Gasteiger partial charge in [-0.2, -0.15) is 10.3 Å². The molecule has 2 rings (SSSR count). The third kappa shape index (κ3) is 1.29. The van der Waals surface area contributed by atoms with Crippen molar-refractivity contribution in [3.05, 3.63) is 11.4 Å². The minimum atomic E-state index is -0.435. The van der Waals surface area contributed by atoms with E-state index in [1.165, 1.54) is 7.11 Å². The number of esters is 1. The fraction of sp³-hybridized carbons (Fsp3) is 0.571. The monoisotopic (exact) mass is 182 g/mol. The Balaban J connectivity index is 2.24. The van der Waals surface area contributed by atoms with E-state index < -0.39 is 5.97 Å². The van der Waals surface area contributed by atoms with E-state index in [1.54, 1.807) is 0 Å². The van der Waals surface area contributed by atoms with E-state index in [0.29, 0.717) is 11.4 Å². The van der Waals surface area contributed by atoms with E-state index in [1.807, 2.05) is 0 Å². The molecule has 0 aromatic carbocycles. The topological polar surface area (TPSA) is 79.9 Å². The van der Waals surface area contributed by atoms with Crippen LogP contribution in [-0.4, -0.2) is 41.6 Å². The van der Waals surface area contributed by atoms with Crippen molar-refractivity contribution in [1.82, 2.24) is 20.7 Å². The Morgan fingerprint density at radius 3 is 2.85 bits per heavy atom. The van der Waals surface area contributed by atoms with Gasteiger partial charge in [0.25, 0.3) is 0 Å². The van der Waals surface area contributed by atoms with Crippen LogP contribution in [0.1, 0.15) is 22.1 Å². The summed E-state index contributed by atoms with van der Waals surface area (Å²) in [6.45, 7) is 1.69. The molecular weight excluding hydrogens is 172 g/mol. The van der Waals surface area contributed by atoms with Crippen molar-refractivity contribution in [2.75, 3.05) is 20.2 Å². The minimum Gasteiger partial charge on any atom is -0.464 e. The molecule has 0 aliphatic carbocycles. The van der Waals surface area contributed by atoms with Gasteiger partial charge in [0.1, 0.15) is 5.69 Å². The summed E-state index contributed by atoms with van der Waals surface area (Å²) in [5.41, 5.74) is 1.000. The van der Waals surface area contributed by atoms with E-state index in [9.17, 15) is 4.79 Å². The van der Waals surface area contributed by atoms with Gasteiger partial charge >= 0.3 is 5.97 Å². The van der Waals surface area contributed by atoms with Crippen molar-refractivity contribution in [1.29, 1.82) is 0 Å². The van der Waals surface area contributed by atoms with E-state index in [2.05, 4.69) is 25.5 Å². The van der Waals surface area contributed by atoms with Crippen LogP contribution in [-0.2, 0) is 4.74 Å². The van der Waals surface area contributed by atoms with Crippen molar-refractivity contribution in [2.45, 2.75) is 5.92 Å². The Labute approximate surface area is 74.7 Å². The summed E-state index contributed by atoms with van der Waals surface area (Å²) in [6.07, 6.45) is 0. The number of aromatic amines is 1. The molecule has 6 heteroatoms. The Hall–Kier alpha value is -1.43. The number of methoxy groups -OCH3 is 1. The second kappa shape index (κ2) is 3.14. The summed E-state index contributed by atoms with van der Waals surface area (Å²) in [5.74, 6) is -0.150. The molecule has 1 aromatic rings. The first-order valence-electron chi connectivity index (χ1n) is 4.02. The molecule has 1 saturated heterocycles. The second-order valence-corrected chi connectivity index (χ2v) is 2.90. The Morgan fingerprint density at radius 1 is 1.54 bits per heavy atom. The molecule has 1 aromatic heterocycles. The van der Waals surface area contributed by atoms with Gasteiger partial charge in [-0.1, -0.05) is 0 Å². The number of ether oxygens (including phenoxy) is 1. The number of hydrogen-bond donors (Lipinski definition) is 2. The van der Waals surface area contributed by atoms with Crippen LogP contribution in [0.4, 0.5) is 0 Å². The normalized spacial score (nSPS) is 16.7. The number of nitrogens with zero attached hydrogens (tertiary/aromatic N) is 2. The predicted molar refractivity (Wildman–Crippen MR) is 43.3 cm³/mol. The zero-order valence-electron chi connectivity index (χ0n) is 7.20. The van der Waals surface area contributed by atoms with Gasteiger partial charge in [-0.3, -0.25) is 0 Å². The summed E-state index contributed by atoms with van der Waals surface area (Å²) in [5, 5.41) is 13.2. The lowest BCUT2D eigenvalue weighted by molar-refractivity contribution is 0.0591. The Kier molecular flexibility index (Phi) is 1.97. The third-order valence-corrected chi connectivity index (χ3v) is 2.12. The largest absolute Gasteiger partial charge is 0.464 e. The highest BCUT2D eigenvalue weighted by Crippen LogP contribution is 2.19. The number of aromatic nitrogens is 3. The summed E-state index contributed by atoms with van der Waals surface area (Å²) < 4.78 is 4.57. The quantitative estimate of drug-likeness (QED) is 0.590. The Bertz CT molecular complexity index is 318. The molecule has 0 amide bonds. The average molecular weight is 182 g/mol. The van der Waals surface area contributed by atoms with Crippen LogP contribution >= 0.6 is 0 Å². The molecule has 6 nitrogen and oxygen atoms in total. The number of H-pyrrole nitrogens is 1. The van der Waals surface area contributed by atoms with Crippen LogP contribution < -0.4 is 5.32 Å². The van der Waals surface area contributed by atoms with Gasteiger partial charge in [0.05, 0.1) is 7.11 Å². The zero-order chi connectivity index (χ0) is 9.26. The fourth-order valence-corrected chi connectivity index (χ4v) is 1.25. The average Bonchev–Trinajstić information content (AvgIpc) is 2.49. The van der Waals surface area contributed by atoms with Crippen molar-refractivity contribution in [3.63, 3.8) is 0 Å². The van der Waals surface area contributed by atoms with Gasteiger partial charge in [0, 0.05) is 19.0 Å². The number of carbonyl (C=O) groups excluding carboxylic acids is 1. The van der Waals surface area contributed by atoms with E-state index in [-0.39, 0.29) is 5.92 Å². The second-order valence-electron chi connectivity index (χ2n) is 2.90. The highest BCUT2D eigenvalue weighted by atomic mass is 16.5. The highest BCUT2D eigenvalue weighted by molar-refractivity contribution is 5.88. The van der Waals surface area contributed by atoms with Gasteiger partial charge in [0.2, 0.25) is 0 Å². The molecule has 70 valence electrons. The smallest absolute Gasteiger partial charge is 0.360 e. The van der Waals surface area contributed by atoms with Gasteiger partial charge in [-0.25, -0.2) is 4.79 Å². The molecule has 1 aliphatic heterocycles. The standard InChI is InChI=1S/C7H10N4O2/c1-13-7(12)6-5(9-11-10-6)4-2-8-3-4/h4,8H,2-3H2,1H3,(H,9,10,11). The maximum absolute atomic E-state index is 11.2. The minimum absolute atomic E-state index is 0.285. The third-order valence-electron chi connectivity index (χ3n) is 2.12. The maximum atomic E-state index is 11.2. The first-order valence-corrected chi connectivity index (χ1v) is 4.02. The zero-order valence-corrected chi connectivity index (χ0v) is 7.20. The van der Waals surface area contributed by atoms with E-state index in [4.69, 9.17) is 0 Å². The number of rotatable bonds is 2. The number of hydrogen-bond acceptors (Lipinski definition) is 5. The Morgan fingerprint density at radius 2 is 2.31 bits per heavy atom. The molecule has 2 heterocycles. The summed E-state index contributed by atoms with van der Waals surface area (Å²) >= 11 is 0. The molecule has 0 unspecified atom stereocenters. The van der Waals surface area contributed by atoms with E-state index in [0.717, 1.165) is 13.1 Å². The molecule has 2 N–H and O–H groups in total. The molecule has 0 bridgehead atoms. The van der Waals surface area contributed by atoms with Crippen molar-refractivity contribution >= 4 is 5.97 Å². The lowest BCUT2D eigenvalue weighted by atomic mass is 9.98. The SMILES string of the molecule is COC(=O)c1n[nH]nc1C1CNC1. The molecule has 1 aliphatic rings. The molecule has 1 fully saturated rings. The van der Waals surface area contributed by atoms with Crippen LogP contribution in [0.15, 0.2) is 0 Å². The first-order chi connectivity index (χ1) is 6.33. The van der Waals surface area contributed by atoms with Gasteiger partial charge in [-0.05, 0) is 0 Å². The van der Waals surface area contributed by atoms with E-state index >= 15 is 0 Å². The molecule has 0 spiro atoms. The molecular formula is C7H10N4O2. The number of carbonyl (C=O) groups is 1. The lowest BCUT2D eigenvalue weighted by Gasteiger charge is -2.25. The predicted octanol–water partition coefficient (Wildman–Crippen LogP) is -0.722.